The Bertz CT molecular complexity index is 1350. The van der Waals surface area contributed by atoms with E-state index >= 15 is 0 Å². The summed E-state index contributed by atoms with van der Waals surface area (Å²) in [7, 11) is 0. The molecule has 1 aliphatic rings. The van der Waals surface area contributed by atoms with Crippen LogP contribution < -0.4 is 15.5 Å². The van der Waals surface area contributed by atoms with E-state index in [9.17, 15) is 14.4 Å². The maximum atomic E-state index is 13.0. The van der Waals surface area contributed by atoms with E-state index in [0.29, 0.717) is 22.9 Å². The summed E-state index contributed by atoms with van der Waals surface area (Å²) in [6, 6.07) is 18.5. The van der Waals surface area contributed by atoms with Gasteiger partial charge >= 0.3 is 0 Å². The second kappa shape index (κ2) is 10.1. The van der Waals surface area contributed by atoms with Crippen LogP contribution in [0, 0.1) is 0 Å². The smallest absolute Gasteiger partial charge is 0.283 e. The third-order valence-electron chi connectivity index (χ3n) is 5.36. The number of amides is 3. The van der Waals surface area contributed by atoms with Gasteiger partial charge in [-0.3, -0.25) is 14.4 Å². The van der Waals surface area contributed by atoms with E-state index in [1.54, 1.807) is 24.3 Å². The van der Waals surface area contributed by atoms with Crippen LogP contribution in [0.1, 0.15) is 35.7 Å². The zero-order valence-corrected chi connectivity index (χ0v) is 21.0. The van der Waals surface area contributed by atoms with Crippen LogP contribution in [0.3, 0.4) is 0 Å². The fourth-order valence-corrected chi connectivity index (χ4v) is 4.28. The quantitative estimate of drug-likeness (QED) is 0.345. The average molecular weight is 529 g/mol. The molecule has 0 saturated heterocycles. The number of nitrogens with zero attached hydrogens (tertiary/aromatic N) is 1. The normalized spacial score (nSPS) is 13.6. The van der Waals surface area contributed by atoms with Crippen molar-refractivity contribution >= 4 is 69.6 Å². The van der Waals surface area contributed by atoms with Crippen LogP contribution in [0.25, 0.3) is 0 Å². The summed E-state index contributed by atoms with van der Waals surface area (Å²) >= 11 is 18.2. The maximum Gasteiger partial charge on any atom is 0.283 e. The fourth-order valence-electron chi connectivity index (χ4n) is 3.55. The molecule has 0 fully saturated rings. The molecule has 0 aliphatic carbocycles. The van der Waals surface area contributed by atoms with Crippen LogP contribution in [0.15, 0.2) is 77.5 Å². The van der Waals surface area contributed by atoms with E-state index in [4.69, 9.17) is 34.8 Å². The number of halogens is 3. The minimum absolute atomic E-state index is 0.116. The molecule has 3 aromatic carbocycles. The van der Waals surface area contributed by atoms with Crippen LogP contribution in [0.4, 0.5) is 17.1 Å². The number of carbonyl (C=O) groups excluding carboxylic acids is 3. The molecule has 6 nitrogen and oxygen atoms in total. The number of hydrogen-bond donors (Lipinski definition) is 2. The summed E-state index contributed by atoms with van der Waals surface area (Å²) in [5.74, 6) is -1.31. The van der Waals surface area contributed by atoms with Gasteiger partial charge in [-0.15, -0.1) is 0 Å². The first-order chi connectivity index (χ1) is 16.6. The molecule has 3 amide bonds. The highest BCUT2D eigenvalue weighted by Crippen LogP contribution is 2.33. The van der Waals surface area contributed by atoms with Crippen molar-refractivity contribution in [1.82, 2.24) is 0 Å². The number of benzene rings is 3. The van der Waals surface area contributed by atoms with Crippen molar-refractivity contribution in [2.45, 2.75) is 19.8 Å². The Morgan fingerprint density at radius 3 is 2.11 bits per heavy atom. The summed E-state index contributed by atoms with van der Waals surface area (Å²) in [5.41, 5.74) is 2.68. The molecule has 4 rings (SSSR count). The molecule has 0 radical (unpaired) electrons. The van der Waals surface area contributed by atoms with Gasteiger partial charge in [0.2, 0.25) is 0 Å². The van der Waals surface area contributed by atoms with Gasteiger partial charge < -0.3 is 10.6 Å². The first kappa shape index (κ1) is 24.8. The van der Waals surface area contributed by atoms with Gasteiger partial charge in [0.1, 0.15) is 10.7 Å². The zero-order valence-electron chi connectivity index (χ0n) is 18.7. The second-order valence-electron chi connectivity index (χ2n) is 8.20. The summed E-state index contributed by atoms with van der Waals surface area (Å²) in [4.78, 5) is 39.4. The Labute approximate surface area is 217 Å². The van der Waals surface area contributed by atoms with E-state index in [1.807, 2.05) is 24.3 Å². The van der Waals surface area contributed by atoms with Crippen molar-refractivity contribution < 1.29 is 14.4 Å². The van der Waals surface area contributed by atoms with Gasteiger partial charge in [0, 0.05) is 27.0 Å². The van der Waals surface area contributed by atoms with Crippen molar-refractivity contribution in [3.63, 3.8) is 0 Å². The first-order valence-corrected chi connectivity index (χ1v) is 11.8. The van der Waals surface area contributed by atoms with Crippen LogP contribution in [0.5, 0.6) is 0 Å². The molecule has 178 valence electrons. The van der Waals surface area contributed by atoms with Gasteiger partial charge in [-0.2, -0.15) is 0 Å². The highest BCUT2D eigenvalue weighted by molar-refractivity contribution is 6.53. The molecule has 3 aromatic rings. The number of rotatable bonds is 6. The highest BCUT2D eigenvalue weighted by atomic mass is 35.5. The van der Waals surface area contributed by atoms with Gasteiger partial charge in [0.25, 0.3) is 17.7 Å². The van der Waals surface area contributed by atoms with Crippen molar-refractivity contribution in [3.8, 4) is 0 Å². The third-order valence-corrected chi connectivity index (χ3v) is 6.15. The predicted octanol–water partition coefficient (Wildman–Crippen LogP) is 6.80. The van der Waals surface area contributed by atoms with E-state index in [0.717, 1.165) is 4.90 Å². The lowest BCUT2D eigenvalue weighted by Gasteiger charge is -2.16. The standard InChI is InChI=1S/C26H20Cl3N3O3/c1-14(2)15-6-8-19(9-7-15)31-24(33)16-4-3-5-20(10-16)30-23-22(29)25(34)32(26(23)35)21-12-17(27)11-18(28)13-21/h3-14,30H,1-2H3,(H,31,33). The molecule has 9 heteroatoms. The molecule has 2 N–H and O–H groups in total. The van der Waals surface area contributed by atoms with Gasteiger partial charge in [-0.25, -0.2) is 4.90 Å². The second-order valence-corrected chi connectivity index (χ2v) is 9.45. The third kappa shape index (κ3) is 5.35. The largest absolute Gasteiger partial charge is 0.350 e. The minimum Gasteiger partial charge on any atom is -0.350 e. The Morgan fingerprint density at radius 1 is 0.829 bits per heavy atom. The van der Waals surface area contributed by atoms with Gasteiger partial charge in [0.15, 0.2) is 0 Å². The van der Waals surface area contributed by atoms with Crippen LogP contribution >= 0.6 is 34.8 Å². The summed E-state index contributed by atoms with van der Waals surface area (Å²) in [6.45, 7) is 4.19. The molecule has 0 spiro atoms. The molecule has 0 unspecified atom stereocenters. The van der Waals surface area contributed by atoms with Crippen molar-refractivity contribution in [1.29, 1.82) is 0 Å². The Kier molecular flexibility index (Phi) is 7.17. The maximum absolute atomic E-state index is 13.0. The van der Waals surface area contributed by atoms with Gasteiger partial charge in [-0.1, -0.05) is 66.8 Å². The Hall–Kier alpha value is -3.32. The molecule has 35 heavy (non-hydrogen) atoms. The van der Waals surface area contributed by atoms with Crippen LogP contribution in [0.2, 0.25) is 10.0 Å². The number of nitrogens with one attached hydrogen (secondary N) is 2. The van der Waals surface area contributed by atoms with Crippen LogP contribution in [-0.4, -0.2) is 17.7 Å². The van der Waals surface area contributed by atoms with E-state index in [1.165, 1.54) is 23.8 Å². The zero-order chi connectivity index (χ0) is 25.3. The van der Waals surface area contributed by atoms with Crippen LogP contribution in [-0.2, 0) is 9.59 Å². The molecular weight excluding hydrogens is 509 g/mol. The average Bonchev–Trinajstić information content (AvgIpc) is 3.02. The summed E-state index contributed by atoms with van der Waals surface area (Å²) in [6.07, 6.45) is 0. The molecule has 1 aliphatic heterocycles. The number of imide groups is 1. The first-order valence-electron chi connectivity index (χ1n) is 10.7. The molecule has 0 atom stereocenters. The predicted molar refractivity (Wildman–Crippen MR) is 140 cm³/mol. The van der Waals surface area contributed by atoms with Crippen molar-refractivity contribution in [2.75, 3.05) is 15.5 Å². The summed E-state index contributed by atoms with van der Waals surface area (Å²) in [5, 5.41) is 5.97. The van der Waals surface area contributed by atoms with Crippen molar-refractivity contribution in [2.24, 2.45) is 0 Å². The summed E-state index contributed by atoms with van der Waals surface area (Å²) < 4.78 is 0. The molecular formula is C26H20Cl3N3O3. The van der Waals surface area contributed by atoms with E-state index in [2.05, 4.69) is 24.5 Å². The lowest BCUT2D eigenvalue weighted by atomic mass is 10.0. The molecule has 0 aromatic heterocycles. The van der Waals surface area contributed by atoms with E-state index in [-0.39, 0.29) is 32.4 Å². The lowest BCUT2D eigenvalue weighted by Crippen LogP contribution is -2.32. The highest BCUT2D eigenvalue weighted by Gasteiger charge is 2.39. The fraction of sp³-hybridized carbons (Fsp3) is 0.115. The van der Waals surface area contributed by atoms with Crippen molar-refractivity contribution in [3.05, 3.63) is 98.6 Å². The molecule has 0 bridgehead atoms. The lowest BCUT2D eigenvalue weighted by molar-refractivity contribution is -0.120. The van der Waals surface area contributed by atoms with Gasteiger partial charge in [-0.05, 0) is 60.0 Å². The Balaban J connectivity index is 1.52. The topological polar surface area (TPSA) is 78.5 Å². The number of hydrogen-bond acceptors (Lipinski definition) is 4. The minimum atomic E-state index is -0.712. The number of anilines is 3. The van der Waals surface area contributed by atoms with Gasteiger partial charge in [0.05, 0.1) is 5.69 Å². The molecule has 0 saturated carbocycles. The molecule has 1 heterocycles. The number of carbonyl (C=O) groups is 3. The monoisotopic (exact) mass is 527 g/mol. The van der Waals surface area contributed by atoms with E-state index < -0.39 is 11.8 Å². The SMILES string of the molecule is CC(C)c1ccc(NC(=O)c2cccc(NC3=C(Cl)C(=O)N(c4cc(Cl)cc(Cl)c4)C3=O)c2)cc1. The Morgan fingerprint density at radius 2 is 1.49 bits per heavy atom.